The van der Waals surface area contributed by atoms with Gasteiger partial charge in [-0.3, -0.25) is 0 Å². The molecular formula is C28H31FN4O3. The van der Waals surface area contributed by atoms with Gasteiger partial charge in [-0.25, -0.2) is 19.2 Å². The van der Waals surface area contributed by atoms with Crippen LogP contribution in [0, 0.1) is 25.6 Å². The SMILES string of the molecule is COc1cc(F)cc2c1cc(C)n2CCNc1cc(-c2ccc(C(=O)O)c(CC(C)C)c2)nc(C)n1. The molecule has 36 heavy (non-hydrogen) atoms. The normalized spacial score (nSPS) is 11.3. The van der Waals surface area contributed by atoms with Gasteiger partial charge >= 0.3 is 5.97 Å². The van der Waals surface area contributed by atoms with E-state index in [0.717, 1.165) is 33.4 Å². The van der Waals surface area contributed by atoms with Gasteiger partial charge in [-0.15, -0.1) is 0 Å². The van der Waals surface area contributed by atoms with E-state index in [4.69, 9.17) is 4.74 Å². The van der Waals surface area contributed by atoms with Gasteiger partial charge in [-0.2, -0.15) is 0 Å². The Kier molecular flexibility index (Phi) is 7.24. The second-order valence-electron chi connectivity index (χ2n) is 9.37. The molecule has 0 fully saturated rings. The smallest absolute Gasteiger partial charge is 0.335 e. The van der Waals surface area contributed by atoms with E-state index in [9.17, 15) is 14.3 Å². The first-order valence-electron chi connectivity index (χ1n) is 12.0. The first-order valence-corrected chi connectivity index (χ1v) is 12.0. The van der Waals surface area contributed by atoms with Gasteiger partial charge in [0.15, 0.2) is 0 Å². The van der Waals surface area contributed by atoms with Crippen LogP contribution in [0.2, 0.25) is 0 Å². The fourth-order valence-electron chi connectivity index (χ4n) is 4.56. The number of hydrogen-bond donors (Lipinski definition) is 2. The standard InChI is InChI=1S/C28H31FN4O3/c1-16(2)10-20-12-19(6-7-22(20)28(34)35)24-15-27(32-18(4)31-24)30-8-9-33-17(3)11-23-25(33)13-21(29)14-26(23)36-5/h6-7,11-16H,8-10H2,1-5H3,(H,34,35)(H,30,31,32). The predicted molar refractivity (Wildman–Crippen MR) is 139 cm³/mol. The summed E-state index contributed by atoms with van der Waals surface area (Å²) < 4.78 is 21.5. The lowest BCUT2D eigenvalue weighted by molar-refractivity contribution is 0.0695. The molecule has 0 aliphatic carbocycles. The highest BCUT2D eigenvalue weighted by molar-refractivity contribution is 5.90. The Morgan fingerprint density at radius 2 is 1.92 bits per heavy atom. The van der Waals surface area contributed by atoms with E-state index in [2.05, 4.69) is 29.1 Å². The molecule has 2 aromatic heterocycles. The number of carboxylic acid groups (broad SMARTS) is 1. The number of nitrogens with one attached hydrogen (secondary N) is 1. The molecule has 0 bridgehead atoms. The zero-order valence-electron chi connectivity index (χ0n) is 21.2. The number of aryl methyl sites for hydroxylation is 2. The van der Waals surface area contributed by atoms with Crippen molar-refractivity contribution in [1.29, 1.82) is 0 Å². The molecule has 0 aliphatic heterocycles. The van der Waals surface area contributed by atoms with Crippen molar-refractivity contribution in [3.63, 3.8) is 0 Å². The summed E-state index contributed by atoms with van der Waals surface area (Å²) in [5.41, 5.74) is 4.46. The molecular weight excluding hydrogens is 459 g/mol. The first kappa shape index (κ1) is 25.2. The minimum atomic E-state index is -0.927. The molecule has 0 radical (unpaired) electrons. The molecule has 0 amide bonds. The van der Waals surface area contributed by atoms with Crippen LogP contribution < -0.4 is 10.1 Å². The fraction of sp³-hybridized carbons (Fsp3) is 0.321. The minimum absolute atomic E-state index is 0.318. The average Bonchev–Trinajstić information content (AvgIpc) is 3.12. The molecule has 0 atom stereocenters. The molecule has 4 aromatic rings. The number of fused-ring (bicyclic) bond motifs is 1. The number of carboxylic acids is 1. The highest BCUT2D eigenvalue weighted by Gasteiger charge is 2.15. The third kappa shape index (κ3) is 5.32. The Morgan fingerprint density at radius 1 is 1.14 bits per heavy atom. The van der Waals surface area contributed by atoms with Gasteiger partial charge in [0.05, 0.1) is 23.9 Å². The number of aromatic nitrogens is 3. The fourth-order valence-corrected chi connectivity index (χ4v) is 4.56. The van der Waals surface area contributed by atoms with E-state index < -0.39 is 5.97 Å². The number of ether oxygens (including phenoxy) is 1. The van der Waals surface area contributed by atoms with E-state index in [1.54, 1.807) is 19.2 Å². The van der Waals surface area contributed by atoms with Gasteiger partial charge < -0.3 is 19.7 Å². The molecule has 7 nitrogen and oxygen atoms in total. The van der Waals surface area contributed by atoms with Crippen LogP contribution in [0.25, 0.3) is 22.2 Å². The Morgan fingerprint density at radius 3 is 2.61 bits per heavy atom. The van der Waals surface area contributed by atoms with E-state index in [0.29, 0.717) is 48.4 Å². The number of aromatic carboxylic acids is 1. The van der Waals surface area contributed by atoms with Crippen LogP contribution in [-0.2, 0) is 13.0 Å². The van der Waals surface area contributed by atoms with Gasteiger partial charge in [0, 0.05) is 41.9 Å². The van der Waals surface area contributed by atoms with Crippen LogP contribution in [0.3, 0.4) is 0 Å². The van der Waals surface area contributed by atoms with E-state index >= 15 is 0 Å². The molecule has 0 saturated carbocycles. The van der Waals surface area contributed by atoms with Crippen LogP contribution in [0.15, 0.2) is 42.5 Å². The van der Waals surface area contributed by atoms with E-state index in [-0.39, 0.29) is 5.82 Å². The number of hydrogen-bond acceptors (Lipinski definition) is 5. The summed E-state index contributed by atoms with van der Waals surface area (Å²) in [7, 11) is 1.54. The number of methoxy groups -OCH3 is 1. The van der Waals surface area contributed by atoms with Crippen molar-refractivity contribution in [2.24, 2.45) is 5.92 Å². The first-order chi connectivity index (χ1) is 17.2. The van der Waals surface area contributed by atoms with Crippen molar-refractivity contribution < 1.29 is 19.0 Å². The van der Waals surface area contributed by atoms with Gasteiger partial charge in [0.2, 0.25) is 0 Å². The molecule has 0 aliphatic rings. The Bertz CT molecular complexity index is 1430. The molecule has 188 valence electrons. The molecule has 2 heterocycles. The maximum absolute atomic E-state index is 14.1. The van der Waals surface area contributed by atoms with Crippen LogP contribution in [0.4, 0.5) is 10.2 Å². The maximum Gasteiger partial charge on any atom is 0.335 e. The Hall–Kier alpha value is -3.94. The quantitative estimate of drug-likeness (QED) is 0.305. The number of anilines is 1. The van der Waals surface area contributed by atoms with Crippen LogP contribution in [0.1, 0.15) is 41.3 Å². The number of nitrogens with zero attached hydrogens (tertiary/aromatic N) is 3. The highest BCUT2D eigenvalue weighted by Crippen LogP contribution is 2.30. The zero-order valence-corrected chi connectivity index (χ0v) is 21.2. The summed E-state index contributed by atoms with van der Waals surface area (Å²) in [6.07, 6.45) is 0.667. The van der Waals surface area contributed by atoms with E-state index in [1.165, 1.54) is 12.1 Å². The Labute approximate surface area is 210 Å². The predicted octanol–water partition coefficient (Wildman–Crippen LogP) is 5.87. The lowest BCUT2D eigenvalue weighted by Crippen LogP contribution is -2.13. The summed E-state index contributed by atoms with van der Waals surface area (Å²) in [6.45, 7) is 9.11. The second-order valence-corrected chi connectivity index (χ2v) is 9.37. The van der Waals surface area contributed by atoms with Crippen LogP contribution >= 0.6 is 0 Å². The number of halogens is 1. The van der Waals surface area contributed by atoms with Gasteiger partial charge in [0.25, 0.3) is 0 Å². The highest BCUT2D eigenvalue weighted by atomic mass is 19.1. The molecule has 8 heteroatoms. The average molecular weight is 491 g/mol. The van der Waals surface area contributed by atoms with Gasteiger partial charge in [-0.1, -0.05) is 19.9 Å². The summed E-state index contributed by atoms with van der Waals surface area (Å²) >= 11 is 0. The van der Waals surface area contributed by atoms with Crippen molar-refractivity contribution in [3.8, 4) is 17.0 Å². The molecule has 2 aromatic carbocycles. The monoisotopic (exact) mass is 490 g/mol. The van der Waals surface area contributed by atoms with Gasteiger partial charge in [0.1, 0.15) is 23.2 Å². The molecule has 2 N–H and O–H groups in total. The van der Waals surface area contributed by atoms with Gasteiger partial charge in [-0.05, 0) is 56.0 Å². The minimum Gasteiger partial charge on any atom is -0.496 e. The zero-order chi connectivity index (χ0) is 26.0. The maximum atomic E-state index is 14.1. The molecule has 0 unspecified atom stereocenters. The van der Waals surface area contributed by atoms with E-state index in [1.807, 2.05) is 36.6 Å². The number of benzene rings is 2. The van der Waals surface area contributed by atoms with Crippen molar-refractivity contribution >= 4 is 22.7 Å². The third-order valence-corrected chi connectivity index (χ3v) is 6.11. The topological polar surface area (TPSA) is 89.3 Å². The summed E-state index contributed by atoms with van der Waals surface area (Å²) in [5, 5.41) is 13.8. The third-order valence-electron chi connectivity index (χ3n) is 6.11. The Balaban J connectivity index is 1.57. The van der Waals surface area contributed by atoms with Crippen LogP contribution in [0.5, 0.6) is 5.75 Å². The van der Waals surface area contributed by atoms with Crippen molar-refractivity contribution in [2.45, 2.75) is 40.7 Å². The number of rotatable bonds is 9. The van der Waals surface area contributed by atoms with Crippen molar-refractivity contribution in [2.75, 3.05) is 19.0 Å². The van der Waals surface area contributed by atoms with Crippen LogP contribution in [-0.4, -0.2) is 39.3 Å². The van der Waals surface area contributed by atoms with Crippen molar-refractivity contribution in [1.82, 2.24) is 14.5 Å². The number of carbonyl (C=O) groups is 1. The lowest BCUT2D eigenvalue weighted by atomic mass is 9.95. The lowest BCUT2D eigenvalue weighted by Gasteiger charge is -2.13. The summed E-state index contributed by atoms with van der Waals surface area (Å²) in [6, 6.07) is 12.1. The molecule has 4 rings (SSSR count). The summed E-state index contributed by atoms with van der Waals surface area (Å²) in [5.74, 6) is 0.850. The summed E-state index contributed by atoms with van der Waals surface area (Å²) in [4.78, 5) is 20.8. The molecule has 0 spiro atoms. The molecule has 0 saturated heterocycles. The second kappa shape index (κ2) is 10.4. The van der Waals surface area contributed by atoms with Crippen molar-refractivity contribution in [3.05, 3.63) is 70.9 Å². The largest absolute Gasteiger partial charge is 0.496 e.